The summed E-state index contributed by atoms with van der Waals surface area (Å²) in [5, 5.41) is 51.3. The van der Waals surface area contributed by atoms with Gasteiger partial charge in [-0.2, -0.15) is 4.58 Å². The van der Waals surface area contributed by atoms with Gasteiger partial charge in [0.1, 0.15) is 18.8 Å². The molecule has 0 saturated carbocycles. The molecule has 636 valence electrons. The third-order valence-electron chi connectivity index (χ3n) is 24.4. The highest BCUT2D eigenvalue weighted by molar-refractivity contribution is 6.08. The number of Topliss-reactive ketones (excluding diaryl/α,β-unsaturated/α-hetero) is 1. The van der Waals surface area contributed by atoms with E-state index in [0.29, 0.717) is 71.1 Å². The average Bonchev–Trinajstić information content (AvgIpc) is 1.58. The lowest BCUT2D eigenvalue weighted by Gasteiger charge is -2.32. The number of aliphatic carboxylic acids is 2. The molecule has 9 N–H and O–H groups in total. The standard InChI is InChI=1S/C98H138N8O11/c1-15-71(89(112)100-60-27-24-40-80(92(115)116)104-93(117)103-79(67(2)107)50-55-86(110)111)64-95(6,7)56-31-37-75(91(114)102-66-70-42-48-76(108)49-43-70)65-96(8,9)57-30-36-74(63-94(3,4)5)90(113)101-59-26-17-16-25-58-99-85(109)41-19-18-28-61-106-82-52-47-73-35-21-23-39-78(73)88(82)98(12,13)84(106)54-45-69-33-29-32-68(62-69)44-53-83-97(10,11)87-77-38-22-20-34-72(77)46-51-81(87)105(83)14/h20-23,34-35,38-39,42-49,51-54,62,71,74-75,79-80H,15-19,24-33,36-37,40-41,50,55-61,63-66H2,1-14H3,(H8-,99,100,101,102,103,104,108,109,110,111,112,113,114,115,116,117)/p+1/t71?,74?,75?,79-,80-/m0/s1. The Morgan fingerprint density at radius 1 is 0.556 bits per heavy atom. The molecule has 5 atom stereocenters. The van der Waals surface area contributed by atoms with Crippen molar-refractivity contribution in [1.82, 2.24) is 31.9 Å². The van der Waals surface area contributed by atoms with Crippen molar-refractivity contribution in [2.75, 3.05) is 38.1 Å². The molecule has 6 amide bonds. The molecule has 19 nitrogen and oxygen atoms in total. The quantitative estimate of drug-likeness (QED) is 0.0130. The lowest BCUT2D eigenvalue weighted by molar-refractivity contribution is -0.401. The Labute approximate surface area is 697 Å². The van der Waals surface area contributed by atoms with E-state index < -0.39 is 35.8 Å². The fourth-order valence-corrected chi connectivity index (χ4v) is 18.0. The maximum Gasteiger partial charge on any atom is 0.326 e. The fraction of sp³-hybridized carbons (Fsp3) is 0.561. The van der Waals surface area contributed by atoms with Crippen molar-refractivity contribution in [3.8, 4) is 5.75 Å². The van der Waals surface area contributed by atoms with Gasteiger partial charge >= 0.3 is 18.0 Å². The molecule has 0 spiro atoms. The van der Waals surface area contributed by atoms with E-state index in [0.717, 1.165) is 115 Å². The summed E-state index contributed by atoms with van der Waals surface area (Å²) in [6.45, 7) is 30.7. The number of allylic oxidation sites excluding steroid dienone is 8. The number of benzene rings is 5. The van der Waals surface area contributed by atoms with Crippen molar-refractivity contribution in [2.24, 2.45) is 34.0 Å². The first-order chi connectivity index (χ1) is 55.5. The van der Waals surface area contributed by atoms with Crippen LogP contribution in [0, 0.1) is 34.0 Å². The average molecular weight is 1610 g/mol. The van der Waals surface area contributed by atoms with E-state index in [1.54, 1.807) is 24.3 Å². The van der Waals surface area contributed by atoms with Crippen LogP contribution in [0.25, 0.3) is 21.5 Å². The van der Waals surface area contributed by atoms with E-state index in [9.17, 15) is 48.6 Å². The maximum absolute atomic E-state index is 14.3. The van der Waals surface area contributed by atoms with Crippen LogP contribution < -0.4 is 36.8 Å². The first kappa shape index (κ1) is 93.1. The number of carbonyl (C=O) groups excluding carboxylic acids is 6. The molecule has 5 aromatic rings. The summed E-state index contributed by atoms with van der Waals surface area (Å²) in [5.74, 6) is -3.32. The van der Waals surface area contributed by atoms with Gasteiger partial charge in [-0.1, -0.05) is 186 Å². The minimum atomic E-state index is -1.26. The number of phenolic OH excluding ortho intramolecular Hbond substituents is 1. The van der Waals surface area contributed by atoms with Gasteiger partial charge in [0, 0.05) is 97.8 Å². The van der Waals surface area contributed by atoms with Crippen LogP contribution in [0.2, 0.25) is 0 Å². The van der Waals surface area contributed by atoms with Crippen molar-refractivity contribution in [1.29, 1.82) is 0 Å². The number of anilines is 1. The van der Waals surface area contributed by atoms with Crippen LogP contribution in [0.5, 0.6) is 5.75 Å². The molecule has 0 bridgehead atoms. The summed E-state index contributed by atoms with van der Waals surface area (Å²) in [6, 6.07) is 30.2. The van der Waals surface area contributed by atoms with Crippen molar-refractivity contribution in [2.45, 2.75) is 286 Å². The fourth-order valence-electron chi connectivity index (χ4n) is 18.0. The second-order valence-electron chi connectivity index (χ2n) is 37.3. The largest absolute Gasteiger partial charge is 0.508 e. The summed E-state index contributed by atoms with van der Waals surface area (Å²) in [6.07, 6.45) is 29.7. The van der Waals surface area contributed by atoms with Gasteiger partial charge in [0.2, 0.25) is 29.3 Å². The number of carboxylic acid groups (broad SMARTS) is 2. The molecule has 0 aromatic heterocycles. The molecule has 2 heterocycles. The van der Waals surface area contributed by atoms with Crippen LogP contribution in [0.15, 0.2) is 144 Å². The molecule has 5 aromatic carbocycles. The van der Waals surface area contributed by atoms with E-state index in [-0.39, 0.29) is 93.5 Å². The Bertz CT molecular complexity index is 4420. The van der Waals surface area contributed by atoms with E-state index in [1.807, 2.05) is 6.92 Å². The van der Waals surface area contributed by atoms with Crippen LogP contribution in [-0.4, -0.2) is 118 Å². The Morgan fingerprint density at radius 3 is 1.74 bits per heavy atom. The zero-order valence-electron chi connectivity index (χ0n) is 72.9. The SMILES string of the molecule is CCC(CC(C)(C)CCCC(CC(C)(C)CCCC(CC(C)(C)C)C(=O)NCCCCCCNC(=O)CCCCCN1C(=CC=C2C=C(C=CC3=[N+](C)c4ccc5ccccc5c4C3(C)C)CCC2)C(C)(C)c2c1ccc1ccccc21)C(=O)NCc1ccc(O)cc1)C(=O)NCCCC[C@H](NC(=O)N[C@@H](CCC(=O)O)C(C)=O)C(=O)O. The molecular formula is C98H139N8O11+. The van der Waals surface area contributed by atoms with Crippen LogP contribution >= 0.6 is 0 Å². The molecule has 0 radical (unpaired) electrons. The molecule has 2 aliphatic heterocycles. The first-order valence-corrected chi connectivity index (χ1v) is 43.6. The van der Waals surface area contributed by atoms with E-state index >= 15 is 0 Å². The highest BCUT2D eigenvalue weighted by Gasteiger charge is 2.45. The number of hydrogen-bond acceptors (Lipinski definition) is 10. The van der Waals surface area contributed by atoms with Crippen LogP contribution in [0.4, 0.5) is 16.2 Å². The summed E-state index contributed by atoms with van der Waals surface area (Å²) in [5.41, 5.74) is 10.7. The smallest absolute Gasteiger partial charge is 0.326 e. The highest BCUT2D eigenvalue weighted by Crippen LogP contribution is 2.52. The van der Waals surface area contributed by atoms with Gasteiger partial charge in [-0.3, -0.25) is 28.8 Å². The molecule has 3 aliphatic rings. The number of fused-ring (bicyclic) bond motifs is 6. The zero-order chi connectivity index (χ0) is 85.3. The third kappa shape index (κ3) is 27.9. The molecule has 0 saturated heterocycles. The van der Waals surface area contributed by atoms with Gasteiger partial charge in [0.05, 0.1) is 11.5 Å². The monoisotopic (exact) mass is 1600 g/mol. The summed E-state index contributed by atoms with van der Waals surface area (Å²) in [4.78, 5) is 105. The number of hydrogen-bond donors (Lipinski definition) is 9. The number of carbonyl (C=O) groups is 8. The lowest BCUT2D eigenvalue weighted by Crippen LogP contribution is -2.50. The Hall–Kier alpha value is -9.39. The van der Waals surface area contributed by atoms with Gasteiger partial charge in [0.25, 0.3) is 0 Å². The third-order valence-corrected chi connectivity index (χ3v) is 24.4. The number of nitrogens with one attached hydrogen (secondary N) is 6. The Morgan fingerprint density at radius 2 is 1.12 bits per heavy atom. The number of unbranched alkanes of at least 4 members (excludes halogenated alkanes) is 6. The molecule has 117 heavy (non-hydrogen) atoms. The number of ketones is 1. The number of aromatic hydroxyl groups is 1. The molecular weight excluding hydrogens is 1470 g/mol. The predicted octanol–water partition coefficient (Wildman–Crippen LogP) is 19.4. The summed E-state index contributed by atoms with van der Waals surface area (Å²) >= 11 is 0. The van der Waals surface area contributed by atoms with Crippen LogP contribution in [0.1, 0.15) is 274 Å². The minimum absolute atomic E-state index is 0.0290. The second-order valence-corrected chi connectivity index (χ2v) is 37.3. The summed E-state index contributed by atoms with van der Waals surface area (Å²) in [7, 11) is 2.21. The number of carboxylic acids is 2. The van der Waals surface area contributed by atoms with Crippen LogP contribution in [-0.2, 0) is 50.9 Å². The Kier molecular flexibility index (Phi) is 34.5. The van der Waals surface area contributed by atoms with E-state index in [2.05, 4.69) is 228 Å². The number of amides is 6. The normalized spacial score (nSPS) is 16.6. The maximum atomic E-state index is 14.3. The lowest BCUT2D eigenvalue weighted by atomic mass is 9.74. The molecule has 8 rings (SSSR count). The van der Waals surface area contributed by atoms with Crippen molar-refractivity contribution in [3.05, 3.63) is 161 Å². The number of urea groups is 1. The van der Waals surface area contributed by atoms with Gasteiger partial charge < -0.3 is 52.1 Å². The number of rotatable bonds is 47. The van der Waals surface area contributed by atoms with Gasteiger partial charge in [-0.25, -0.2) is 9.59 Å². The van der Waals surface area contributed by atoms with Crippen molar-refractivity contribution < 1.29 is 58.3 Å². The first-order valence-electron chi connectivity index (χ1n) is 43.6. The van der Waals surface area contributed by atoms with Gasteiger partial charge in [-0.05, 0) is 233 Å². The number of nitrogens with zero attached hydrogens (tertiary/aromatic N) is 2. The van der Waals surface area contributed by atoms with Gasteiger partial charge in [-0.15, -0.1) is 0 Å². The minimum Gasteiger partial charge on any atom is -0.508 e. The van der Waals surface area contributed by atoms with Gasteiger partial charge in [0.15, 0.2) is 11.5 Å². The highest BCUT2D eigenvalue weighted by atomic mass is 16.4. The number of phenols is 1. The topological polar surface area (TPSA) is 276 Å². The van der Waals surface area contributed by atoms with Crippen LogP contribution in [0.3, 0.4) is 0 Å². The predicted molar refractivity (Wildman–Crippen MR) is 473 cm³/mol. The molecule has 3 unspecified atom stereocenters. The Balaban J connectivity index is 0.746. The second kappa shape index (κ2) is 43.4. The molecule has 0 fully saturated rings. The zero-order valence-corrected chi connectivity index (χ0v) is 72.9. The van der Waals surface area contributed by atoms with Crippen molar-refractivity contribution in [3.63, 3.8) is 0 Å². The molecule has 19 heteroatoms. The van der Waals surface area contributed by atoms with E-state index in [1.165, 1.54) is 73.5 Å². The summed E-state index contributed by atoms with van der Waals surface area (Å²) < 4.78 is 2.38. The van der Waals surface area contributed by atoms with E-state index in [4.69, 9.17) is 5.11 Å². The van der Waals surface area contributed by atoms with Crippen molar-refractivity contribution >= 4 is 86.0 Å². The molecule has 1 aliphatic carbocycles.